The molecule has 1 aromatic carbocycles. The molecule has 0 aliphatic heterocycles. The third-order valence-corrected chi connectivity index (χ3v) is 3.47. The molecule has 0 amide bonds. The highest BCUT2D eigenvalue weighted by molar-refractivity contribution is 5.85. The van der Waals surface area contributed by atoms with E-state index in [9.17, 15) is 4.79 Å². The molecule has 0 aliphatic carbocycles. The van der Waals surface area contributed by atoms with E-state index in [4.69, 9.17) is 9.84 Å². The molecule has 0 fully saturated rings. The summed E-state index contributed by atoms with van der Waals surface area (Å²) in [5.41, 5.74) is 2.62. The summed E-state index contributed by atoms with van der Waals surface area (Å²) in [6, 6.07) is 11.4. The molecule has 0 atom stereocenters. The molecule has 23 heavy (non-hydrogen) atoms. The van der Waals surface area contributed by atoms with E-state index in [0.29, 0.717) is 17.1 Å². The Morgan fingerprint density at radius 2 is 2.09 bits per heavy atom. The van der Waals surface area contributed by atoms with Gasteiger partial charge in [0.25, 0.3) is 0 Å². The van der Waals surface area contributed by atoms with Crippen molar-refractivity contribution in [2.24, 2.45) is 0 Å². The van der Waals surface area contributed by atoms with Crippen molar-refractivity contribution in [3.05, 3.63) is 47.8 Å². The summed E-state index contributed by atoms with van der Waals surface area (Å²) >= 11 is 0. The fourth-order valence-corrected chi connectivity index (χ4v) is 2.45. The number of nitrogens with zero attached hydrogens (tertiary/aromatic N) is 3. The molecule has 0 radical (unpaired) electrons. The van der Waals surface area contributed by atoms with Crippen LogP contribution in [0.5, 0.6) is 5.75 Å². The number of fused-ring (bicyclic) bond motifs is 1. The maximum absolute atomic E-state index is 10.6. The molecule has 2 heterocycles. The maximum Gasteiger partial charge on any atom is 0.306 e. The van der Waals surface area contributed by atoms with Gasteiger partial charge in [-0.2, -0.15) is 5.10 Å². The third-order valence-electron chi connectivity index (χ3n) is 3.47. The van der Waals surface area contributed by atoms with E-state index in [2.05, 4.69) is 10.1 Å². The van der Waals surface area contributed by atoms with Crippen LogP contribution in [-0.2, 0) is 4.79 Å². The van der Waals surface area contributed by atoms with E-state index in [1.807, 2.05) is 44.2 Å². The second-order valence-corrected chi connectivity index (χ2v) is 5.33. The Morgan fingerprint density at radius 1 is 1.26 bits per heavy atom. The first-order chi connectivity index (χ1) is 11.0. The predicted molar refractivity (Wildman–Crippen MR) is 86.1 cm³/mol. The van der Waals surface area contributed by atoms with E-state index in [0.717, 1.165) is 16.8 Å². The molecular formula is C17H17N3O3. The highest BCUT2D eigenvalue weighted by Gasteiger charge is 2.09. The van der Waals surface area contributed by atoms with Crippen molar-refractivity contribution >= 4 is 16.9 Å². The molecular weight excluding hydrogens is 294 g/mol. The summed E-state index contributed by atoms with van der Waals surface area (Å²) in [7, 11) is 0. The second kappa shape index (κ2) is 6.08. The lowest BCUT2D eigenvalue weighted by atomic mass is 10.2. The number of aryl methyl sites for hydroxylation is 2. The Bertz CT molecular complexity index is 871. The number of carboxylic acids is 1. The van der Waals surface area contributed by atoms with Gasteiger partial charge in [-0.1, -0.05) is 12.1 Å². The minimum Gasteiger partial charge on any atom is -0.491 e. The zero-order valence-electron chi connectivity index (χ0n) is 13.0. The number of carboxylic acid groups (broad SMARTS) is 1. The first kappa shape index (κ1) is 15.0. The Hall–Kier alpha value is -2.89. The van der Waals surface area contributed by atoms with Crippen LogP contribution in [0.15, 0.2) is 36.4 Å². The van der Waals surface area contributed by atoms with Gasteiger partial charge in [-0.25, -0.2) is 9.67 Å². The summed E-state index contributed by atoms with van der Waals surface area (Å²) < 4.78 is 7.36. The Kier molecular flexibility index (Phi) is 3.97. The molecule has 2 aromatic heterocycles. The minimum atomic E-state index is -0.887. The molecule has 6 heteroatoms. The van der Waals surface area contributed by atoms with Crippen LogP contribution in [0, 0.1) is 13.8 Å². The molecule has 6 nitrogen and oxygen atoms in total. The number of para-hydroxylation sites is 1. The largest absolute Gasteiger partial charge is 0.491 e. The van der Waals surface area contributed by atoms with Crippen molar-refractivity contribution in [1.82, 2.24) is 14.8 Å². The quantitative estimate of drug-likeness (QED) is 0.784. The smallest absolute Gasteiger partial charge is 0.306 e. The van der Waals surface area contributed by atoms with Gasteiger partial charge in [0, 0.05) is 11.1 Å². The summed E-state index contributed by atoms with van der Waals surface area (Å²) in [5.74, 6) is 0.394. The van der Waals surface area contributed by atoms with Gasteiger partial charge in [-0.3, -0.25) is 4.79 Å². The van der Waals surface area contributed by atoms with Gasteiger partial charge < -0.3 is 9.84 Å². The van der Waals surface area contributed by atoms with Gasteiger partial charge >= 0.3 is 5.97 Å². The van der Waals surface area contributed by atoms with Crippen molar-refractivity contribution in [2.75, 3.05) is 6.61 Å². The average Bonchev–Trinajstić information content (AvgIpc) is 2.85. The van der Waals surface area contributed by atoms with Crippen molar-refractivity contribution < 1.29 is 14.6 Å². The third kappa shape index (κ3) is 3.15. The summed E-state index contributed by atoms with van der Waals surface area (Å²) in [6.07, 6.45) is -0.0481. The summed E-state index contributed by atoms with van der Waals surface area (Å²) in [6.45, 7) is 4.02. The second-order valence-electron chi connectivity index (χ2n) is 5.33. The zero-order valence-corrected chi connectivity index (χ0v) is 13.0. The van der Waals surface area contributed by atoms with Crippen molar-refractivity contribution in [2.45, 2.75) is 20.3 Å². The van der Waals surface area contributed by atoms with Crippen molar-refractivity contribution in [3.63, 3.8) is 0 Å². The van der Waals surface area contributed by atoms with Gasteiger partial charge in [0.2, 0.25) is 0 Å². The molecule has 0 unspecified atom stereocenters. The van der Waals surface area contributed by atoms with Crippen LogP contribution in [0.3, 0.4) is 0 Å². The minimum absolute atomic E-state index is 0.0481. The number of hydrogen-bond donors (Lipinski definition) is 1. The molecule has 118 valence electrons. The maximum atomic E-state index is 10.6. The molecule has 0 spiro atoms. The normalized spacial score (nSPS) is 10.9. The fourth-order valence-electron chi connectivity index (χ4n) is 2.45. The van der Waals surface area contributed by atoms with Crippen LogP contribution < -0.4 is 4.74 Å². The number of carbonyl (C=O) groups is 1. The number of aliphatic carboxylic acids is 1. The molecule has 0 aliphatic rings. The Labute approximate surface area is 133 Å². The fraction of sp³-hybridized carbons (Fsp3) is 0.235. The predicted octanol–water partition coefficient (Wildman–Crippen LogP) is 2.89. The molecule has 0 saturated heterocycles. The van der Waals surface area contributed by atoms with E-state index < -0.39 is 5.97 Å². The number of aromatic nitrogens is 3. The monoisotopic (exact) mass is 311 g/mol. The number of rotatable bonds is 5. The highest BCUT2D eigenvalue weighted by Crippen LogP contribution is 2.25. The van der Waals surface area contributed by atoms with E-state index in [-0.39, 0.29) is 13.0 Å². The number of benzene rings is 1. The van der Waals surface area contributed by atoms with Crippen LogP contribution in [0.2, 0.25) is 0 Å². The summed E-state index contributed by atoms with van der Waals surface area (Å²) in [4.78, 5) is 15.3. The molecule has 0 saturated carbocycles. The molecule has 0 bridgehead atoms. The highest BCUT2D eigenvalue weighted by atomic mass is 16.5. The lowest BCUT2D eigenvalue weighted by Crippen LogP contribution is -2.06. The van der Waals surface area contributed by atoms with E-state index in [1.165, 1.54) is 0 Å². The summed E-state index contributed by atoms with van der Waals surface area (Å²) in [5, 5.41) is 14.1. The lowest BCUT2D eigenvalue weighted by molar-refractivity contribution is -0.137. The van der Waals surface area contributed by atoms with Gasteiger partial charge in [0.05, 0.1) is 18.7 Å². The van der Waals surface area contributed by atoms with E-state index >= 15 is 0 Å². The standard InChI is InChI=1S/C17H17N3O3/c1-11-10-12(2)20(19-11)15-7-6-13-4-3-5-14(17(13)18-15)23-9-8-16(21)22/h3-7,10H,8-9H2,1-2H3,(H,21,22). The first-order valence-electron chi connectivity index (χ1n) is 7.32. The van der Waals surface area contributed by atoms with Gasteiger partial charge in [0.1, 0.15) is 11.3 Å². The number of pyridine rings is 1. The van der Waals surface area contributed by atoms with Crippen molar-refractivity contribution in [1.29, 1.82) is 0 Å². The SMILES string of the molecule is Cc1cc(C)n(-c2ccc3cccc(OCCC(=O)O)c3n2)n1. The molecule has 1 N–H and O–H groups in total. The number of ether oxygens (including phenoxy) is 1. The van der Waals surface area contributed by atoms with E-state index in [1.54, 1.807) is 10.7 Å². The molecule has 3 rings (SSSR count). The Balaban J connectivity index is 2.00. The average molecular weight is 311 g/mol. The first-order valence-corrected chi connectivity index (χ1v) is 7.32. The lowest BCUT2D eigenvalue weighted by Gasteiger charge is -2.10. The van der Waals surface area contributed by atoms with Crippen LogP contribution in [0.25, 0.3) is 16.7 Å². The number of hydrogen-bond acceptors (Lipinski definition) is 4. The van der Waals surface area contributed by atoms with Crippen molar-refractivity contribution in [3.8, 4) is 11.6 Å². The van der Waals surface area contributed by atoms with Gasteiger partial charge in [-0.05, 0) is 38.1 Å². The van der Waals surface area contributed by atoms with Gasteiger partial charge in [0.15, 0.2) is 5.82 Å². The zero-order chi connectivity index (χ0) is 16.4. The topological polar surface area (TPSA) is 77.2 Å². The Morgan fingerprint density at radius 3 is 2.78 bits per heavy atom. The van der Waals surface area contributed by atoms with Gasteiger partial charge in [-0.15, -0.1) is 0 Å². The van der Waals surface area contributed by atoms with Crippen LogP contribution in [0.1, 0.15) is 17.8 Å². The van der Waals surface area contributed by atoms with Crippen LogP contribution >= 0.6 is 0 Å². The molecule has 3 aromatic rings. The van der Waals surface area contributed by atoms with Crippen LogP contribution in [-0.4, -0.2) is 32.4 Å². The van der Waals surface area contributed by atoms with Crippen LogP contribution in [0.4, 0.5) is 0 Å².